The van der Waals surface area contributed by atoms with Crippen LogP contribution >= 0.6 is 11.8 Å². The van der Waals surface area contributed by atoms with Crippen molar-refractivity contribution in [3.63, 3.8) is 0 Å². The van der Waals surface area contributed by atoms with Crippen LogP contribution in [0.15, 0.2) is 58.1 Å². The molecule has 0 atom stereocenters. The molecule has 3 aliphatic heterocycles. The molecule has 1 amide bonds. The maximum atomic E-state index is 12.5. The lowest BCUT2D eigenvalue weighted by molar-refractivity contribution is -0.114. The lowest BCUT2D eigenvalue weighted by Gasteiger charge is -2.20. The Morgan fingerprint density at radius 2 is 2.07 bits per heavy atom. The summed E-state index contributed by atoms with van der Waals surface area (Å²) in [6.07, 6.45) is 1.61. The lowest BCUT2D eigenvalue weighted by Crippen LogP contribution is -2.35. The van der Waals surface area contributed by atoms with Gasteiger partial charge in [0, 0.05) is 0 Å². The number of nitrogens with one attached hydrogen (secondary N) is 1. The van der Waals surface area contributed by atoms with Crippen LogP contribution < -0.4 is 14.2 Å². The maximum Gasteiger partial charge on any atom is 0.283 e. The number of ether oxygens (including phenoxy) is 3. The first kappa shape index (κ1) is 18.4. The normalized spacial score (nSPS) is 18.4. The molecule has 3 aliphatic rings. The highest BCUT2D eigenvalue weighted by atomic mass is 32.2. The molecule has 5 rings (SSSR count). The predicted molar refractivity (Wildman–Crippen MR) is 114 cm³/mol. The molecule has 0 unspecified atom stereocenters. The van der Waals surface area contributed by atoms with Crippen LogP contribution in [-0.2, 0) is 4.79 Å². The van der Waals surface area contributed by atoms with E-state index in [9.17, 15) is 4.79 Å². The highest BCUT2D eigenvalue weighted by Gasteiger charge is 2.35. The van der Waals surface area contributed by atoms with Crippen LogP contribution in [0.5, 0.6) is 17.2 Å². The average molecular weight is 420 g/mol. The lowest BCUT2D eigenvalue weighted by atomic mass is 10.1. The fraction of sp³-hybridized carbons (Fsp3) is 0.143. The largest absolute Gasteiger partial charge is 0.486 e. The first-order valence-corrected chi connectivity index (χ1v) is 9.97. The van der Waals surface area contributed by atoms with E-state index in [1.54, 1.807) is 24.3 Å². The van der Waals surface area contributed by atoms with Gasteiger partial charge in [-0.1, -0.05) is 24.3 Å². The number of benzene rings is 2. The molecule has 0 bridgehead atoms. The van der Waals surface area contributed by atoms with Crippen molar-refractivity contribution in [1.82, 2.24) is 5.01 Å². The highest BCUT2D eigenvalue weighted by Crippen LogP contribution is 2.34. The van der Waals surface area contributed by atoms with Crippen LogP contribution in [0, 0.1) is 12.3 Å². The summed E-state index contributed by atoms with van der Waals surface area (Å²) >= 11 is 1.23. The van der Waals surface area contributed by atoms with Gasteiger partial charge in [-0.05, 0) is 54.1 Å². The number of aryl methyl sites for hydroxylation is 1. The molecule has 0 saturated heterocycles. The summed E-state index contributed by atoms with van der Waals surface area (Å²) in [6, 6.07) is 13.0. The Balaban J connectivity index is 1.36. The maximum absolute atomic E-state index is 12.5. The summed E-state index contributed by atoms with van der Waals surface area (Å²) in [4.78, 5) is 16.6. The van der Waals surface area contributed by atoms with E-state index in [0.29, 0.717) is 27.3 Å². The zero-order valence-corrected chi connectivity index (χ0v) is 16.7. The fourth-order valence-corrected chi connectivity index (χ4v) is 3.92. The Bertz CT molecular complexity index is 1170. The minimum Gasteiger partial charge on any atom is -0.486 e. The number of thioether (sulfide) groups is 1. The number of hydrazone groups is 1. The number of aliphatic imine (C=N–C) groups is 1. The van der Waals surface area contributed by atoms with E-state index in [1.807, 2.05) is 31.2 Å². The monoisotopic (exact) mass is 420 g/mol. The summed E-state index contributed by atoms with van der Waals surface area (Å²) in [6.45, 7) is 2.37. The van der Waals surface area contributed by atoms with Crippen molar-refractivity contribution >= 4 is 39.8 Å². The van der Waals surface area contributed by atoms with Crippen molar-refractivity contribution in [1.29, 1.82) is 5.41 Å². The molecule has 0 spiro atoms. The van der Waals surface area contributed by atoms with Gasteiger partial charge < -0.3 is 14.2 Å². The third-order valence-electron chi connectivity index (χ3n) is 4.65. The molecule has 8 nitrogen and oxygen atoms in total. The topological polar surface area (TPSA) is 96.6 Å². The molecule has 0 radical (unpaired) electrons. The third-order valence-corrected chi connectivity index (χ3v) is 5.53. The fourth-order valence-electron chi connectivity index (χ4n) is 3.12. The first-order valence-electron chi connectivity index (χ1n) is 9.16. The second kappa shape index (κ2) is 7.34. The number of carbonyl (C=O) groups is 1. The van der Waals surface area contributed by atoms with Crippen molar-refractivity contribution < 1.29 is 19.0 Å². The molecule has 0 saturated carbocycles. The molecule has 2 aromatic rings. The quantitative estimate of drug-likeness (QED) is 0.762. The smallest absolute Gasteiger partial charge is 0.283 e. The Kier molecular flexibility index (Phi) is 4.51. The van der Waals surface area contributed by atoms with Crippen molar-refractivity contribution in [3.05, 3.63) is 59.2 Å². The number of fused-ring (bicyclic) bond motifs is 2. The van der Waals surface area contributed by atoms with Crippen molar-refractivity contribution in [3.8, 4) is 17.2 Å². The standard InChI is InChI=1S/C21H16N4O4S/c1-12-4-2-3-5-15(12)27-10-18-24-25-19(22)14(20(26)23-21(25)30-18)8-13-6-7-16-17(9-13)29-11-28-16/h2-9,22H,10-11H2,1H3. The number of amides is 1. The average Bonchev–Trinajstić information content (AvgIpc) is 3.37. The Morgan fingerprint density at radius 3 is 2.93 bits per heavy atom. The van der Waals surface area contributed by atoms with E-state index >= 15 is 0 Å². The summed E-state index contributed by atoms with van der Waals surface area (Å²) in [5.41, 5.74) is 1.89. The zero-order valence-electron chi connectivity index (χ0n) is 15.9. The van der Waals surface area contributed by atoms with Crippen LogP contribution in [0.25, 0.3) is 6.08 Å². The Labute approximate surface area is 176 Å². The molecular weight excluding hydrogens is 404 g/mol. The van der Waals surface area contributed by atoms with Crippen LogP contribution in [0.3, 0.4) is 0 Å². The molecule has 0 aliphatic carbocycles. The molecular formula is C21H16N4O4S. The van der Waals surface area contributed by atoms with Gasteiger partial charge in [0.15, 0.2) is 17.3 Å². The molecule has 9 heteroatoms. The summed E-state index contributed by atoms with van der Waals surface area (Å²) in [7, 11) is 0. The highest BCUT2D eigenvalue weighted by molar-refractivity contribution is 8.27. The molecule has 2 aromatic carbocycles. The number of carbonyl (C=O) groups excluding carboxylic acids is 1. The van der Waals surface area contributed by atoms with Gasteiger partial charge >= 0.3 is 0 Å². The minimum absolute atomic E-state index is 0.0268. The van der Waals surface area contributed by atoms with E-state index in [2.05, 4.69) is 10.1 Å². The summed E-state index contributed by atoms with van der Waals surface area (Å²) in [5.74, 6) is 1.52. The first-order chi connectivity index (χ1) is 14.6. The zero-order chi connectivity index (χ0) is 20.7. The predicted octanol–water partition coefficient (Wildman–Crippen LogP) is 3.42. The van der Waals surface area contributed by atoms with E-state index in [0.717, 1.165) is 11.3 Å². The van der Waals surface area contributed by atoms with Crippen molar-refractivity contribution in [2.75, 3.05) is 13.4 Å². The van der Waals surface area contributed by atoms with E-state index in [1.165, 1.54) is 16.8 Å². The minimum atomic E-state index is -0.479. The number of hydrogen-bond acceptors (Lipinski definition) is 7. The van der Waals surface area contributed by atoms with Crippen LogP contribution in [0.2, 0.25) is 0 Å². The Morgan fingerprint density at radius 1 is 1.23 bits per heavy atom. The van der Waals surface area contributed by atoms with Gasteiger partial charge in [0.1, 0.15) is 17.4 Å². The summed E-state index contributed by atoms with van der Waals surface area (Å²) in [5, 5.41) is 15.2. The number of nitrogens with zero attached hydrogens (tertiary/aromatic N) is 3. The number of hydrogen-bond donors (Lipinski definition) is 1. The molecule has 0 fully saturated rings. The van der Waals surface area contributed by atoms with Gasteiger partial charge in [0.2, 0.25) is 12.0 Å². The van der Waals surface area contributed by atoms with Crippen molar-refractivity contribution in [2.24, 2.45) is 10.1 Å². The second-order valence-corrected chi connectivity index (χ2v) is 7.72. The molecule has 0 aromatic heterocycles. The third kappa shape index (κ3) is 3.33. The van der Waals surface area contributed by atoms with Gasteiger partial charge in [-0.25, -0.2) is 0 Å². The van der Waals surface area contributed by atoms with Gasteiger partial charge in [-0.3, -0.25) is 10.2 Å². The van der Waals surface area contributed by atoms with Gasteiger partial charge in [-0.15, -0.1) is 0 Å². The van der Waals surface area contributed by atoms with Crippen LogP contribution in [0.1, 0.15) is 11.1 Å². The van der Waals surface area contributed by atoms with Crippen LogP contribution in [0.4, 0.5) is 0 Å². The molecule has 1 N–H and O–H groups in total. The number of rotatable bonds is 4. The van der Waals surface area contributed by atoms with Crippen LogP contribution in [-0.4, -0.2) is 40.4 Å². The van der Waals surface area contributed by atoms with Crippen molar-refractivity contribution in [2.45, 2.75) is 6.92 Å². The van der Waals surface area contributed by atoms with Gasteiger partial charge in [0.25, 0.3) is 5.91 Å². The molecule has 3 heterocycles. The SMILES string of the molecule is Cc1ccccc1OCC1=NN2C(=N)C(=Cc3ccc4c(c3)OCO4)C(=O)N=C2S1. The van der Waals surface area contributed by atoms with Gasteiger partial charge in [0.05, 0.1) is 5.57 Å². The molecule has 30 heavy (non-hydrogen) atoms. The number of amidine groups is 2. The summed E-state index contributed by atoms with van der Waals surface area (Å²) < 4.78 is 16.5. The second-order valence-electron chi connectivity index (χ2n) is 6.68. The van der Waals surface area contributed by atoms with E-state index in [-0.39, 0.29) is 24.8 Å². The Hall–Kier alpha value is -3.59. The van der Waals surface area contributed by atoms with E-state index < -0.39 is 5.91 Å². The molecule has 150 valence electrons. The van der Waals surface area contributed by atoms with Gasteiger partial charge in [-0.2, -0.15) is 15.1 Å². The number of para-hydroxylation sites is 1. The van der Waals surface area contributed by atoms with E-state index in [4.69, 9.17) is 19.6 Å².